The van der Waals surface area contributed by atoms with E-state index in [9.17, 15) is 19.4 Å². The van der Waals surface area contributed by atoms with E-state index >= 15 is 0 Å². The number of hydrogen-bond donors (Lipinski definition) is 3. The van der Waals surface area contributed by atoms with Gasteiger partial charge in [-0.15, -0.1) is 0 Å². The normalized spacial score (nSPS) is 15.3. The Morgan fingerprint density at radius 3 is 1.82 bits per heavy atom. The minimum Gasteiger partial charge on any atom is -0.387 e. The molecule has 0 heterocycles. The van der Waals surface area contributed by atoms with Gasteiger partial charge in [0.15, 0.2) is 0 Å². The van der Waals surface area contributed by atoms with Gasteiger partial charge in [-0.1, -0.05) is 115 Å². The number of aliphatic hydroxyl groups excluding tert-OH is 1. The van der Waals surface area contributed by atoms with Crippen LogP contribution in [0, 0.1) is 0 Å². The predicted molar refractivity (Wildman–Crippen MR) is 184 cm³/mol. The molecule has 3 unspecified atom stereocenters. The zero-order valence-corrected chi connectivity index (χ0v) is 29.8. The highest BCUT2D eigenvalue weighted by atomic mass is 31.2. The lowest BCUT2D eigenvalue weighted by molar-refractivity contribution is -0.870. The van der Waals surface area contributed by atoms with Gasteiger partial charge in [-0.3, -0.25) is 13.8 Å². The van der Waals surface area contributed by atoms with E-state index < -0.39 is 20.0 Å². The largest absolute Gasteiger partial charge is 0.472 e. The van der Waals surface area contributed by atoms with Crippen LogP contribution in [0.25, 0.3) is 0 Å². The van der Waals surface area contributed by atoms with Crippen LogP contribution in [0.2, 0.25) is 0 Å². The third-order valence-electron chi connectivity index (χ3n) is 7.34. The quantitative estimate of drug-likeness (QED) is 0.0314. The lowest BCUT2D eigenvalue weighted by Crippen LogP contribution is -2.45. The van der Waals surface area contributed by atoms with Gasteiger partial charge in [0.1, 0.15) is 13.2 Å². The van der Waals surface area contributed by atoms with Crippen LogP contribution in [0.3, 0.4) is 0 Å². The number of carbonyl (C=O) groups is 1. The molecule has 1 amide bonds. The summed E-state index contributed by atoms with van der Waals surface area (Å²) in [4.78, 5) is 22.8. The summed E-state index contributed by atoms with van der Waals surface area (Å²) in [6.45, 7) is 4.68. The highest BCUT2D eigenvalue weighted by molar-refractivity contribution is 7.47. The van der Waals surface area contributed by atoms with Gasteiger partial charge in [0.25, 0.3) is 0 Å². The number of rotatable bonds is 30. The van der Waals surface area contributed by atoms with E-state index in [4.69, 9.17) is 9.05 Å². The number of allylic oxidation sites excluding steroid dienone is 5. The molecule has 0 bridgehead atoms. The van der Waals surface area contributed by atoms with E-state index in [-0.39, 0.29) is 19.1 Å². The van der Waals surface area contributed by atoms with Crippen molar-refractivity contribution in [2.45, 2.75) is 142 Å². The van der Waals surface area contributed by atoms with E-state index in [0.29, 0.717) is 17.4 Å². The molecule has 0 saturated carbocycles. The number of hydrogen-bond acceptors (Lipinski definition) is 5. The van der Waals surface area contributed by atoms with Gasteiger partial charge in [-0.25, -0.2) is 4.57 Å². The van der Waals surface area contributed by atoms with Crippen LogP contribution in [0.4, 0.5) is 0 Å². The second kappa shape index (κ2) is 28.0. The third kappa shape index (κ3) is 29.4. The van der Waals surface area contributed by atoms with Crippen molar-refractivity contribution in [1.82, 2.24) is 5.32 Å². The molecule has 0 aliphatic heterocycles. The van der Waals surface area contributed by atoms with Crippen molar-refractivity contribution < 1.29 is 32.9 Å². The zero-order valence-electron chi connectivity index (χ0n) is 28.9. The number of nitrogens with one attached hydrogen (secondary N) is 1. The number of carbonyl (C=O) groups excluding carboxylic acids is 1. The molecule has 0 saturated heterocycles. The second-order valence-corrected chi connectivity index (χ2v) is 14.3. The molecule has 0 radical (unpaired) electrons. The Hall–Kier alpha value is -1.28. The molecule has 0 rings (SSSR count). The fraction of sp³-hybridized carbons (Fsp3) is 0.800. The van der Waals surface area contributed by atoms with Crippen LogP contribution < -0.4 is 5.32 Å². The zero-order chi connectivity index (χ0) is 32.9. The molecule has 8 nitrogen and oxygen atoms in total. The van der Waals surface area contributed by atoms with E-state index in [2.05, 4.69) is 43.5 Å². The molecule has 0 aliphatic rings. The van der Waals surface area contributed by atoms with E-state index in [0.717, 1.165) is 44.9 Å². The van der Waals surface area contributed by atoms with E-state index in [1.165, 1.54) is 64.2 Å². The van der Waals surface area contributed by atoms with Crippen LogP contribution in [0.15, 0.2) is 36.5 Å². The molecule has 44 heavy (non-hydrogen) atoms. The van der Waals surface area contributed by atoms with Crippen LogP contribution >= 0.6 is 7.82 Å². The van der Waals surface area contributed by atoms with Crippen molar-refractivity contribution in [3.05, 3.63) is 36.5 Å². The summed E-state index contributed by atoms with van der Waals surface area (Å²) in [7, 11) is 1.54. The van der Waals surface area contributed by atoms with Gasteiger partial charge in [0.2, 0.25) is 5.91 Å². The fourth-order valence-electron chi connectivity index (χ4n) is 4.48. The highest BCUT2D eigenvalue weighted by Crippen LogP contribution is 2.43. The maximum atomic E-state index is 12.6. The third-order valence-corrected chi connectivity index (χ3v) is 8.32. The maximum absolute atomic E-state index is 12.6. The van der Waals surface area contributed by atoms with Gasteiger partial charge in [0.05, 0.1) is 39.9 Å². The lowest BCUT2D eigenvalue weighted by atomic mass is 10.1. The summed E-state index contributed by atoms with van der Waals surface area (Å²) in [6.07, 6.45) is 30.8. The number of phosphoric ester groups is 1. The minimum atomic E-state index is -4.33. The molecule has 0 aromatic heterocycles. The van der Waals surface area contributed by atoms with Crippen molar-refractivity contribution in [1.29, 1.82) is 0 Å². The molecular formula is C35H68N2O6P+. The Balaban J connectivity index is 4.66. The number of unbranched alkanes of at least 4 members (excludes halogenated alkanes) is 13. The molecule has 0 fully saturated rings. The standard InChI is InChI=1S/C35H67N2O6P/c1-6-8-10-12-14-15-16-17-18-19-20-21-23-24-26-28-34(38)33(32-43-44(40,41)42-31-30-37(3,4)5)36-35(39)29-27-25-22-13-11-9-7-2/h16-17,20-21,26,28,33-34,38H,6-15,18-19,22-25,27,29-32H2,1-5H3,(H-,36,39,40,41)/p+1/b17-16+,21-20+,28-26+. The Morgan fingerprint density at radius 2 is 1.25 bits per heavy atom. The molecule has 0 spiro atoms. The second-order valence-electron chi connectivity index (χ2n) is 12.9. The van der Waals surface area contributed by atoms with Crippen molar-refractivity contribution >= 4 is 13.7 Å². The van der Waals surface area contributed by atoms with Crippen molar-refractivity contribution in [3.63, 3.8) is 0 Å². The highest BCUT2D eigenvalue weighted by Gasteiger charge is 2.27. The topological polar surface area (TPSA) is 105 Å². The molecule has 9 heteroatoms. The average molecular weight is 644 g/mol. The SMILES string of the molecule is CCCCCCC/C=C/CC/C=C/CC/C=C/C(O)C(COP(=O)(O)OCC[N+](C)(C)C)NC(=O)CCCCCCCCC. The number of amides is 1. The molecular weight excluding hydrogens is 575 g/mol. The molecule has 258 valence electrons. The number of quaternary nitrogens is 1. The first-order valence-corrected chi connectivity index (χ1v) is 18.9. The predicted octanol–water partition coefficient (Wildman–Crippen LogP) is 8.40. The first kappa shape index (κ1) is 42.7. The monoisotopic (exact) mass is 643 g/mol. The molecule has 0 aromatic carbocycles. The van der Waals surface area contributed by atoms with Crippen LogP contribution in [-0.2, 0) is 18.4 Å². The summed E-state index contributed by atoms with van der Waals surface area (Å²) in [5.41, 5.74) is 0. The Morgan fingerprint density at radius 1 is 0.750 bits per heavy atom. The summed E-state index contributed by atoms with van der Waals surface area (Å²) in [6, 6.07) is -0.861. The summed E-state index contributed by atoms with van der Waals surface area (Å²) < 4.78 is 23.3. The smallest absolute Gasteiger partial charge is 0.387 e. The summed E-state index contributed by atoms with van der Waals surface area (Å²) in [5.74, 6) is -0.202. The summed E-state index contributed by atoms with van der Waals surface area (Å²) in [5, 5.41) is 13.6. The first-order valence-electron chi connectivity index (χ1n) is 17.4. The fourth-order valence-corrected chi connectivity index (χ4v) is 5.22. The van der Waals surface area contributed by atoms with Crippen LogP contribution in [0.1, 0.15) is 129 Å². The molecule has 0 aromatic rings. The Bertz CT molecular complexity index is 825. The minimum absolute atomic E-state index is 0.0535. The van der Waals surface area contributed by atoms with Crippen LogP contribution in [0.5, 0.6) is 0 Å². The van der Waals surface area contributed by atoms with Gasteiger partial charge >= 0.3 is 7.82 Å². The molecule has 3 atom stereocenters. The first-order chi connectivity index (χ1) is 21.0. The average Bonchev–Trinajstić information content (AvgIpc) is 2.95. The van der Waals surface area contributed by atoms with Crippen LogP contribution in [-0.4, -0.2) is 73.4 Å². The van der Waals surface area contributed by atoms with Crippen molar-refractivity contribution in [3.8, 4) is 0 Å². The number of likely N-dealkylation sites (N-methyl/N-ethyl adjacent to an activating group) is 1. The number of aliphatic hydroxyl groups is 1. The maximum Gasteiger partial charge on any atom is 0.472 e. The Labute approximate surface area is 270 Å². The van der Waals surface area contributed by atoms with Crippen molar-refractivity contribution in [2.75, 3.05) is 40.9 Å². The lowest BCUT2D eigenvalue weighted by Gasteiger charge is -2.25. The van der Waals surface area contributed by atoms with Gasteiger partial charge in [-0.05, 0) is 44.9 Å². The molecule has 3 N–H and O–H groups in total. The Kier molecular flexibility index (Phi) is 27.2. The van der Waals surface area contributed by atoms with Gasteiger partial charge < -0.3 is 19.8 Å². The number of phosphoric acid groups is 1. The number of nitrogens with zero attached hydrogens (tertiary/aromatic N) is 1. The van der Waals surface area contributed by atoms with Gasteiger partial charge in [0, 0.05) is 6.42 Å². The van der Waals surface area contributed by atoms with E-state index in [1.54, 1.807) is 6.08 Å². The summed E-state index contributed by atoms with van der Waals surface area (Å²) >= 11 is 0. The van der Waals surface area contributed by atoms with Gasteiger partial charge in [-0.2, -0.15) is 0 Å². The van der Waals surface area contributed by atoms with E-state index in [1.807, 2.05) is 27.2 Å². The molecule has 0 aliphatic carbocycles. The van der Waals surface area contributed by atoms with Crippen molar-refractivity contribution in [2.24, 2.45) is 0 Å².